The van der Waals surface area contributed by atoms with Crippen LogP contribution in [0.3, 0.4) is 0 Å². The van der Waals surface area contributed by atoms with Crippen LogP contribution in [0, 0.1) is 6.92 Å². The monoisotopic (exact) mass is 253 g/mol. The van der Waals surface area contributed by atoms with Crippen molar-refractivity contribution < 1.29 is 4.79 Å². The minimum Gasteiger partial charge on any atom is -0.325 e. The molecule has 1 aliphatic carbocycles. The first kappa shape index (κ1) is 12.5. The van der Waals surface area contributed by atoms with E-state index in [9.17, 15) is 4.79 Å². The van der Waals surface area contributed by atoms with Crippen LogP contribution in [0.15, 0.2) is 6.20 Å². The molecule has 0 bridgehead atoms. The SMILES string of the molecule is Cc1cnc(NC(=O)CC2(N)CCCCC2)s1. The van der Waals surface area contributed by atoms with Gasteiger partial charge in [0, 0.05) is 23.0 Å². The predicted molar refractivity (Wildman–Crippen MR) is 70.1 cm³/mol. The topological polar surface area (TPSA) is 68.0 Å². The molecule has 0 aromatic carbocycles. The highest BCUT2D eigenvalue weighted by Crippen LogP contribution is 2.29. The van der Waals surface area contributed by atoms with Crippen molar-refractivity contribution in [1.82, 2.24) is 4.98 Å². The largest absolute Gasteiger partial charge is 0.325 e. The van der Waals surface area contributed by atoms with Crippen molar-refractivity contribution in [2.24, 2.45) is 5.73 Å². The van der Waals surface area contributed by atoms with Crippen LogP contribution in [-0.2, 0) is 4.79 Å². The average Bonchev–Trinajstić information content (AvgIpc) is 2.63. The average molecular weight is 253 g/mol. The number of aryl methyl sites for hydroxylation is 1. The molecule has 1 saturated carbocycles. The van der Waals surface area contributed by atoms with Crippen LogP contribution in [0.1, 0.15) is 43.4 Å². The quantitative estimate of drug-likeness (QED) is 0.869. The van der Waals surface area contributed by atoms with Crippen molar-refractivity contribution in [2.45, 2.75) is 51.0 Å². The summed E-state index contributed by atoms with van der Waals surface area (Å²) in [6.07, 6.45) is 7.60. The van der Waals surface area contributed by atoms with Crippen molar-refractivity contribution in [3.05, 3.63) is 11.1 Å². The highest BCUT2D eigenvalue weighted by Gasteiger charge is 2.30. The van der Waals surface area contributed by atoms with Gasteiger partial charge in [0.2, 0.25) is 5.91 Å². The van der Waals surface area contributed by atoms with Crippen LogP contribution in [0.4, 0.5) is 5.13 Å². The van der Waals surface area contributed by atoms with Gasteiger partial charge in [0.05, 0.1) is 0 Å². The molecule has 2 rings (SSSR count). The number of aromatic nitrogens is 1. The summed E-state index contributed by atoms with van der Waals surface area (Å²) in [4.78, 5) is 17.1. The summed E-state index contributed by atoms with van der Waals surface area (Å²) in [5, 5.41) is 3.50. The maximum Gasteiger partial charge on any atom is 0.228 e. The number of thiazole rings is 1. The molecule has 1 heterocycles. The lowest BCUT2D eigenvalue weighted by Crippen LogP contribution is -2.44. The van der Waals surface area contributed by atoms with E-state index in [1.165, 1.54) is 17.8 Å². The fourth-order valence-corrected chi connectivity index (χ4v) is 3.01. The molecular formula is C12H19N3OS. The lowest BCUT2D eigenvalue weighted by atomic mass is 9.80. The summed E-state index contributed by atoms with van der Waals surface area (Å²) in [5.74, 6) is -0.0104. The summed E-state index contributed by atoms with van der Waals surface area (Å²) in [6.45, 7) is 1.97. The van der Waals surface area contributed by atoms with Crippen LogP contribution in [0.2, 0.25) is 0 Å². The van der Waals surface area contributed by atoms with Gasteiger partial charge in [-0.25, -0.2) is 4.98 Å². The second-order valence-corrected chi connectivity index (χ2v) is 6.16. The molecule has 94 valence electrons. The third-order valence-corrected chi connectivity index (χ3v) is 4.06. The van der Waals surface area contributed by atoms with E-state index in [-0.39, 0.29) is 11.4 Å². The van der Waals surface area contributed by atoms with E-state index in [0.717, 1.165) is 30.6 Å². The molecule has 17 heavy (non-hydrogen) atoms. The number of amides is 1. The van der Waals surface area contributed by atoms with E-state index in [0.29, 0.717) is 11.6 Å². The van der Waals surface area contributed by atoms with Crippen molar-refractivity contribution >= 4 is 22.4 Å². The fraction of sp³-hybridized carbons (Fsp3) is 0.667. The zero-order chi connectivity index (χ0) is 12.3. The second kappa shape index (κ2) is 5.14. The Morgan fingerprint density at radius 2 is 2.24 bits per heavy atom. The number of anilines is 1. The maximum atomic E-state index is 11.9. The maximum absolute atomic E-state index is 11.9. The van der Waals surface area contributed by atoms with Crippen LogP contribution in [-0.4, -0.2) is 16.4 Å². The molecule has 1 amide bonds. The minimum atomic E-state index is -0.297. The van der Waals surface area contributed by atoms with Gasteiger partial charge in [0.25, 0.3) is 0 Å². The number of rotatable bonds is 3. The van der Waals surface area contributed by atoms with Gasteiger partial charge < -0.3 is 11.1 Å². The van der Waals surface area contributed by atoms with Crippen LogP contribution < -0.4 is 11.1 Å². The highest BCUT2D eigenvalue weighted by atomic mass is 32.1. The lowest BCUT2D eigenvalue weighted by molar-refractivity contribution is -0.117. The van der Waals surface area contributed by atoms with E-state index < -0.39 is 0 Å². The molecule has 0 aliphatic heterocycles. The Kier molecular flexibility index (Phi) is 3.79. The number of nitrogens with one attached hydrogen (secondary N) is 1. The van der Waals surface area contributed by atoms with Gasteiger partial charge in [0.15, 0.2) is 5.13 Å². The smallest absolute Gasteiger partial charge is 0.228 e. The number of carbonyl (C=O) groups excluding carboxylic acids is 1. The number of nitrogens with zero attached hydrogens (tertiary/aromatic N) is 1. The fourth-order valence-electron chi connectivity index (χ4n) is 2.33. The van der Waals surface area contributed by atoms with E-state index in [4.69, 9.17) is 5.73 Å². The first-order chi connectivity index (χ1) is 8.07. The first-order valence-electron chi connectivity index (χ1n) is 6.09. The summed E-state index contributed by atoms with van der Waals surface area (Å²) < 4.78 is 0. The first-order valence-corrected chi connectivity index (χ1v) is 6.90. The third-order valence-electron chi connectivity index (χ3n) is 3.23. The molecule has 0 radical (unpaired) electrons. The summed E-state index contributed by atoms with van der Waals surface area (Å²) >= 11 is 1.49. The Morgan fingerprint density at radius 3 is 2.82 bits per heavy atom. The molecule has 1 fully saturated rings. The highest BCUT2D eigenvalue weighted by molar-refractivity contribution is 7.15. The van der Waals surface area contributed by atoms with Gasteiger partial charge >= 0.3 is 0 Å². The molecule has 3 N–H and O–H groups in total. The zero-order valence-corrected chi connectivity index (χ0v) is 11.0. The minimum absolute atomic E-state index is 0.0104. The molecule has 0 spiro atoms. The number of hydrogen-bond acceptors (Lipinski definition) is 4. The number of hydrogen-bond donors (Lipinski definition) is 2. The Balaban J connectivity index is 1.88. The molecule has 0 saturated heterocycles. The Morgan fingerprint density at radius 1 is 1.53 bits per heavy atom. The van der Waals surface area contributed by atoms with Crippen molar-refractivity contribution in [3.63, 3.8) is 0 Å². The molecule has 5 heteroatoms. The van der Waals surface area contributed by atoms with E-state index in [1.54, 1.807) is 6.20 Å². The molecule has 0 unspecified atom stereocenters. The van der Waals surface area contributed by atoms with Gasteiger partial charge in [0.1, 0.15) is 0 Å². The summed E-state index contributed by atoms with van der Waals surface area (Å²) in [6, 6.07) is 0. The van der Waals surface area contributed by atoms with Crippen LogP contribution in [0.25, 0.3) is 0 Å². The van der Waals surface area contributed by atoms with Crippen molar-refractivity contribution in [3.8, 4) is 0 Å². The summed E-state index contributed by atoms with van der Waals surface area (Å²) in [7, 11) is 0. The Labute approximate surface area is 106 Å². The summed E-state index contributed by atoms with van der Waals surface area (Å²) in [5.41, 5.74) is 5.94. The zero-order valence-electron chi connectivity index (χ0n) is 10.2. The Bertz CT molecular complexity index is 396. The molecule has 1 aromatic rings. The van der Waals surface area contributed by atoms with Crippen molar-refractivity contribution in [2.75, 3.05) is 5.32 Å². The van der Waals surface area contributed by atoms with Crippen molar-refractivity contribution in [1.29, 1.82) is 0 Å². The van der Waals surface area contributed by atoms with E-state index in [2.05, 4.69) is 10.3 Å². The normalized spacial score (nSPS) is 18.9. The molecule has 1 aromatic heterocycles. The van der Waals surface area contributed by atoms with E-state index >= 15 is 0 Å². The number of nitrogens with two attached hydrogens (primary N) is 1. The van der Waals surface area contributed by atoms with Gasteiger partial charge in [-0.05, 0) is 19.8 Å². The lowest BCUT2D eigenvalue weighted by Gasteiger charge is -2.32. The standard InChI is InChI=1S/C12H19N3OS/c1-9-8-14-11(17-9)15-10(16)7-12(13)5-3-2-4-6-12/h8H,2-7,13H2,1H3,(H,14,15,16). The molecule has 1 aliphatic rings. The predicted octanol–water partition coefficient (Wildman–Crippen LogP) is 2.44. The van der Waals surface area contributed by atoms with Gasteiger partial charge in [-0.2, -0.15) is 0 Å². The van der Waals surface area contributed by atoms with Crippen LogP contribution >= 0.6 is 11.3 Å². The van der Waals surface area contributed by atoms with Gasteiger partial charge in [-0.15, -0.1) is 11.3 Å². The molecule has 4 nitrogen and oxygen atoms in total. The van der Waals surface area contributed by atoms with Gasteiger partial charge in [-0.1, -0.05) is 19.3 Å². The number of carbonyl (C=O) groups is 1. The molecule has 0 atom stereocenters. The van der Waals surface area contributed by atoms with E-state index in [1.807, 2.05) is 6.92 Å². The molecular weight excluding hydrogens is 234 g/mol. The van der Waals surface area contributed by atoms with Gasteiger partial charge in [-0.3, -0.25) is 4.79 Å². The third kappa shape index (κ3) is 3.51. The Hall–Kier alpha value is -0.940. The second-order valence-electron chi connectivity index (χ2n) is 4.92. The van der Waals surface area contributed by atoms with Crippen LogP contribution in [0.5, 0.6) is 0 Å².